The highest BCUT2D eigenvalue weighted by atomic mass is 19.4. The van der Waals surface area contributed by atoms with Crippen LogP contribution in [0.1, 0.15) is 46.5 Å². The predicted molar refractivity (Wildman–Crippen MR) is 140 cm³/mol. The molecule has 0 unspecified atom stereocenters. The van der Waals surface area contributed by atoms with E-state index in [2.05, 4.69) is 22.1 Å². The van der Waals surface area contributed by atoms with Crippen molar-refractivity contribution in [1.82, 2.24) is 10.3 Å². The summed E-state index contributed by atoms with van der Waals surface area (Å²) in [7, 11) is 0. The topological polar surface area (TPSA) is 74.3 Å². The van der Waals surface area contributed by atoms with Gasteiger partial charge in [-0.1, -0.05) is 36.1 Å². The van der Waals surface area contributed by atoms with E-state index in [1.807, 2.05) is 44.3 Å². The number of amides is 1. The maximum atomic E-state index is 13.3. The van der Waals surface area contributed by atoms with Gasteiger partial charge in [0.05, 0.1) is 29.9 Å². The second kappa shape index (κ2) is 11.4. The molecule has 38 heavy (non-hydrogen) atoms. The number of aromatic nitrogens is 1. The summed E-state index contributed by atoms with van der Waals surface area (Å²) in [6.45, 7) is 3.38. The number of aliphatic hydroxyl groups excluding tert-OH is 1. The van der Waals surface area contributed by atoms with Crippen molar-refractivity contribution in [2.24, 2.45) is 0 Å². The van der Waals surface area contributed by atoms with Gasteiger partial charge in [-0.2, -0.15) is 13.2 Å². The number of para-hydroxylation sites is 1. The lowest BCUT2D eigenvalue weighted by Crippen LogP contribution is -2.39. The van der Waals surface area contributed by atoms with Crippen molar-refractivity contribution in [2.75, 3.05) is 6.61 Å². The third-order valence-corrected chi connectivity index (χ3v) is 5.82. The number of rotatable bonds is 7. The normalized spacial score (nSPS) is 12.2. The van der Waals surface area contributed by atoms with Gasteiger partial charge in [-0.05, 0) is 68.3 Å². The van der Waals surface area contributed by atoms with Crippen molar-refractivity contribution in [3.8, 4) is 17.6 Å². The van der Waals surface area contributed by atoms with Crippen LogP contribution in [0, 0.1) is 11.8 Å². The molecule has 0 aliphatic carbocycles. The number of hydrogen-bond acceptors (Lipinski definition) is 3. The lowest BCUT2D eigenvalue weighted by atomic mass is 10.0. The van der Waals surface area contributed by atoms with E-state index < -0.39 is 23.7 Å². The minimum Gasteiger partial charge on any atom is -0.490 e. The molecular weight excluding hydrogens is 493 g/mol. The van der Waals surface area contributed by atoms with Gasteiger partial charge >= 0.3 is 6.18 Å². The first-order chi connectivity index (χ1) is 18.1. The van der Waals surface area contributed by atoms with Crippen LogP contribution in [0.4, 0.5) is 13.2 Å². The van der Waals surface area contributed by atoms with E-state index in [4.69, 9.17) is 4.74 Å². The van der Waals surface area contributed by atoms with E-state index in [0.717, 1.165) is 28.6 Å². The second-order valence-corrected chi connectivity index (χ2v) is 9.12. The number of H-pyrrole nitrogens is 1. The Morgan fingerprint density at radius 2 is 1.76 bits per heavy atom. The summed E-state index contributed by atoms with van der Waals surface area (Å²) in [5.74, 6) is 5.45. The number of carbonyl (C=O) groups excluding carboxylic acids is 1. The maximum Gasteiger partial charge on any atom is 0.416 e. The SMILES string of the molecule is CC(C)Oc1ccc(C#Cc2cccc(C(F)(F)F)c2)cc1C(=O)N[C@@H](CO)Cc1c[nH]c2ccccc12. The molecule has 1 heterocycles. The zero-order valence-corrected chi connectivity index (χ0v) is 20.9. The van der Waals surface area contributed by atoms with Crippen LogP contribution >= 0.6 is 0 Å². The van der Waals surface area contributed by atoms with Crippen LogP contribution in [-0.2, 0) is 12.6 Å². The Hall–Kier alpha value is -4.22. The lowest BCUT2D eigenvalue weighted by Gasteiger charge is -2.19. The number of halogens is 3. The first-order valence-electron chi connectivity index (χ1n) is 12.1. The Kier molecular flexibility index (Phi) is 8.08. The number of hydrogen-bond donors (Lipinski definition) is 3. The number of benzene rings is 3. The molecule has 196 valence electrons. The molecule has 4 aromatic rings. The molecule has 1 atom stereocenters. The van der Waals surface area contributed by atoms with Crippen molar-refractivity contribution in [2.45, 2.75) is 38.6 Å². The molecule has 3 N–H and O–H groups in total. The molecule has 3 aromatic carbocycles. The van der Waals surface area contributed by atoms with Gasteiger partial charge in [0, 0.05) is 28.2 Å². The fourth-order valence-electron chi connectivity index (χ4n) is 4.05. The van der Waals surface area contributed by atoms with Crippen LogP contribution in [0.3, 0.4) is 0 Å². The highest BCUT2D eigenvalue weighted by molar-refractivity contribution is 5.97. The van der Waals surface area contributed by atoms with Gasteiger partial charge in [-0.15, -0.1) is 0 Å². The summed E-state index contributed by atoms with van der Waals surface area (Å²) in [4.78, 5) is 16.5. The molecule has 0 saturated carbocycles. The maximum absolute atomic E-state index is 13.3. The zero-order chi connectivity index (χ0) is 27.3. The Morgan fingerprint density at radius 1 is 1.03 bits per heavy atom. The number of alkyl halides is 3. The molecule has 0 aliphatic rings. The summed E-state index contributed by atoms with van der Waals surface area (Å²) in [6, 6.07) is 16.8. The van der Waals surface area contributed by atoms with E-state index >= 15 is 0 Å². The molecule has 1 aromatic heterocycles. The van der Waals surface area contributed by atoms with Crippen LogP contribution in [0.2, 0.25) is 0 Å². The lowest BCUT2D eigenvalue weighted by molar-refractivity contribution is -0.137. The van der Waals surface area contributed by atoms with Gasteiger partial charge in [-0.3, -0.25) is 4.79 Å². The summed E-state index contributed by atoms with van der Waals surface area (Å²) in [6.07, 6.45) is -2.41. The summed E-state index contributed by atoms with van der Waals surface area (Å²) >= 11 is 0. The van der Waals surface area contributed by atoms with Gasteiger partial charge in [0.2, 0.25) is 0 Å². The van der Waals surface area contributed by atoms with Crippen molar-refractivity contribution < 1.29 is 27.8 Å². The molecule has 0 radical (unpaired) electrons. The van der Waals surface area contributed by atoms with Crippen LogP contribution in [0.25, 0.3) is 10.9 Å². The minimum absolute atomic E-state index is 0.201. The van der Waals surface area contributed by atoms with Crippen LogP contribution < -0.4 is 10.1 Å². The average molecular weight is 521 g/mol. The molecule has 8 heteroatoms. The smallest absolute Gasteiger partial charge is 0.416 e. The molecule has 0 aliphatic heterocycles. The summed E-state index contributed by atoms with van der Waals surface area (Å²) in [5.41, 5.74) is 1.99. The fraction of sp³-hybridized carbons (Fsp3) is 0.233. The largest absolute Gasteiger partial charge is 0.490 e. The highest BCUT2D eigenvalue weighted by Crippen LogP contribution is 2.29. The number of fused-ring (bicyclic) bond motifs is 1. The number of nitrogens with one attached hydrogen (secondary N) is 2. The highest BCUT2D eigenvalue weighted by Gasteiger charge is 2.30. The Balaban J connectivity index is 1.58. The number of aliphatic hydroxyl groups is 1. The van der Waals surface area contributed by atoms with Gasteiger partial charge in [0.25, 0.3) is 5.91 Å². The molecule has 4 rings (SSSR count). The predicted octanol–water partition coefficient (Wildman–Crippen LogP) is 5.71. The molecule has 0 saturated heterocycles. The standard InChI is InChI=1S/C30H27F3N2O3/c1-19(2)38-28-13-12-21(11-10-20-6-5-7-23(14-20)30(31,32)33)15-26(28)29(37)35-24(18-36)16-22-17-34-27-9-4-3-8-25(22)27/h3-9,12-15,17,19,24,34,36H,16,18H2,1-2H3,(H,35,37)/t24-/m1/s1. The third kappa shape index (κ3) is 6.55. The van der Waals surface area contributed by atoms with Crippen LogP contribution in [0.5, 0.6) is 5.75 Å². The number of carbonyl (C=O) groups is 1. The first kappa shape index (κ1) is 26.8. The summed E-state index contributed by atoms with van der Waals surface area (Å²) < 4.78 is 44.9. The zero-order valence-electron chi connectivity index (χ0n) is 20.9. The molecule has 0 bridgehead atoms. The molecule has 0 spiro atoms. The fourth-order valence-corrected chi connectivity index (χ4v) is 4.05. The molecule has 5 nitrogen and oxygen atoms in total. The van der Waals surface area contributed by atoms with E-state index in [1.165, 1.54) is 18.2 Å². The molecular formula is C30H27F3N2O3. The molecule has 1 amide bonds. The van der Waals surface area contributed by atoms with E-state index in [-0.39, 0.29) is 23.8 Å². The second-order valence-electron chi connectivity index (χ2n) is 9.12. The third-order valence-electron chi connectivity index (χ3n) is 5.82. The number of ether oxygens (including phenoxy) is 1. The van der Waals surface area contributed by atoms with Crippen molar-refractivity contribution in [3.63, 3.8) is 0 Å². The Bertz CT molecular complexity index is 1500. The van der Waals surface area contributed by atoms with Crippen molar-refractivity contribution in [3.05, 3.63) is 101 Å². The Morgan fingerprint density at radius 3 is 2.47 bits per heavy atom. The monoisotopic (exact) mass is 520 g/mol. The van der Waals surface area contributed by atoms with E-state index in [1.54, 1.807) is 12.1 Å². The van der Waals surface area contributed by atoms with Gasteiger partial charge in [-0.25, -0.2) is 0 Å². The Labute approximate surface area is 218 Å². The van der Waals surface area contributed by atoms with E-state index in [0.29, 0.717) is 17.7 Å². The average Bonchev–Trinajstić information content (AvgIpc) is 3.29. The van der Waals surface area contributed by atoms with Crippen molar-refractivity contribution in [1.29, 1.82) is 0 Å². The van der Waals surface area contributed by atoms with Crippen molar-refractivity contribution >= 4 is 16.8 Å². The summed E-state index contributed by atoms with van der Waals surface area (Å²) in [5, 5.41) is 13.9. The number of aromatic amines is 1. The van der Waals surface area contributed by atoms with Crippen LogP contribution in [0.15, 0.2) is 72.9 Å². The first-order valence-corrected chi connectivity index (χ1v) is 12.1. The van der Waals surface area contributed by atoms with E-state index in [9.17, 15) is 23.1 Å². The molecule has 0 fully saturated rings. The minimum atomic E-state index is -4.46. The van der Waals surface area contributed by atoms with Gasteiger partial charge in [0.1, 0.15) is 5.75 Å². The van der Waals surface area contributed by atoms with Gasteiger partial charge < -0.3 is 20.1 Å². The quantitative estimate of drug-likeness (QED) is 0.274. The van der Waals surface area contributed by atoms with Crippen LogP contribution in [-0.4, -0.2) is 34.8 Å². The van der Waals surface area contributed by atoms with Gasteiger partial charge in [0.15, 0.2) is 0 Å².